The lowest BCUT2D eigenvalue weighted by atomic mass is 10.0. The fraction of sp³-hybridized carbons (Fsp3) is 0.310. The number of anilines is 1. The summed E-state index contributed by atoms with van der Waals surface area (Å²) < 4.78 is 43.9. The molecule has 1 saturated heterocycles. The van der Waals surface area contributed by atoms with Gasteiger partial charge in [-0.1, -0.05) is 25.1 Å². The van der Waals surface area contributed by atoms with E-state index in [0.717, 1.165) is 61.3 Å². The first-order chi connectivity index (χ1) is 18.2. The van der Waals surface area contributed by atoms with Gasteiger partial charge in [-0.15, -0.1) is 0 Å². The SMILES string of the molecule is CCN1CCN(Cc2ccc(NC(=O)c3ccc(C)c(-c4cnc5ccccn45)c3)cc2C(F)(F)F)CC1. The molecule has 6 nitrogen and oxygen atoms in total. The fourth-order valence-electron chi connectivity index (χ4n) is 4.93. The number of rotatable bonds is 6. The van der Waals surface area contributed by atoms with Gasteiger partial charge in [0.15, 0.2) is 0 Å². The Kier molecular flexibility index (Phi) is 7.23. The maximum absolute atomic E-state index is 14.0. The molecule has 198 valence electrons. The first-order valence-corrected chi connectivity index (χ1v) is 12.7. The van der Waals surface area contributed by atoms with Crippen molar-refractivity contribution in [1.29, 1.82) is 0 Å². The van der Waals surface area contributed by atoms with Crippen LogP contribution in [0.5, 0.6) is 0 Å². The number of aryl methyl sites for hydroxylation is 1. The summed E-state index contributed by atoms with van der Waals surface area (Å²) in [5, 5.41) is 2.66. The minimum atomic E-state index is -4.53. The van der Waals surface area contributed by atoms with Gasteiger partial charge in [0.1, 0.15) is 5.65 Å². The van der Waals surface area contributed by atoms with E-state index in [2.05, 4.69) is 22.1 Å². The molecular formula is C29H30F3N5O. The van der Waals surface area contributed by atoms with Crippen LogP contribution in [-0.4, -0.2) is 57.8 Å². The average Bonchev–Trinajstić information content (AvgIpc) is 3.33. The predicted molar refractivity (Wildman–Crippen MR) is 142 cm³/mol. The van der Waals surface area contributed by atoms with E-state index in [-0.39, 0.29) is 17.8 Å². The van der Waals surface area contributed by atoms with Crippen LogP contribution in [0.25, 0.3) is 16.9 Å². The van der Waals surface area contributed by atoms with Crippen molar-refractivity contribution < 1.29 is 18.0 Å². The van der Waals surface area contributed by atoms with E-state index in [1.54, 1.807) is 24.4 Å². The first kappa shape index (κ1) is 25.9. The van der Waals surface area contributed by atoms with Gasteiger partial charge in [0.25, 0.3) is 5.91 Å². The number of piperazine rings is 1. The number of nitrogens with one attached hydrogen (secondary N) is 1. The van der Waals surface area contributed by atoms with Crippen LogP contribution in [0.3, 0.4) is 0 Å². The number of pyridine rings is 1. The number of nitrogens with zero attached hydrogens (tertiary/aromatic N) is 4. The zero-order valence-corrected chi connectivity index (χ0v) is 21.4. The first-order valence-electron chi connectivity index (χ1n) is 12.7. The summed E-state index contributed by atoms with van der Waals surface area (Å²) >= 11 is 0. The van der Waals surface area contributed by atoms with Crippen LogP contribution < -0.4 is 5.32 Å². The summed E-state index contributed by atoms with van der Waals surface area (Å²) in [7, 11) is 0. The van der Waals surface area contributed by atoms with E-state index in [1.807, 2.05) is 46.7 Å². The number of amides is 1. The highest BCUT2D eigenvalue weighted by atomic mass is 19.4. The zero-order chi connectivity index (χ0) is 26.9. The molecule has 1 aliphatic heterocycles. The third kappa shape index (κ3) is 5.44. The molecule has 1 N–H and O–H groups in total. The van der Waals surface area contributed by atoms with Crippen molar-refractivity contribution in [3.05, 3.63) is 89.2 Å². The molecule has 0 saturated carbocycles. The van der Waals surface area contributed by atoms with Gasteiger partial charge in [-0.3, -0.25) is 14.1 Å². The van der Waals surface area contributed by atoms with Crippen LogP contribution in [-0.2, 0) is 12.7 Å². The van der Waals surface area contributed by atoms with Crippen molar-refractivity contribution in [2.45, 2.75) is 26.6 Å². The van der Waals surface area contributed by atoms with Crippen molar-refractivity contribution >= 4 is 17.2 Å². The molecule has 2 aromatic heterocycles. The third-order valence-corrected chi connectivity index (χ3v) is 7.17. The van der Waals surface area contributed by atoms with E-state index in [9.17, 15) is 18.0 Å². The van der Waals surface area contributed by atoms with E-state index in [1.165, 1.54) is 6.07 Å². The molecule has 1 aliphatic rings. The molecule has 3 heterocycles. The quantitative estimate of drug-likeness (QED) is 0.353. The molecule has 5 rings (SSSR count). The Balaban J connectivity index is 1.37. The number of fused-ring (bicyclic) bond motifs is 1. The molecule has 0 radical (unpaired) electrons. The average molecular weight is 522 g/mol. The Labute approximate surface area is 219 Å². The second kappa shape index (κ2) is 10.6. The number of carbonyl (C=O) groups is 1. The topological polar surface area (TPSA) is 52.9 Å². The number of hydrogen-bond donors (Lipinski definition) is 1. The normalized spacial score (nSPS) is 15.2. The number of alkyl halides is 3. The second-order valence-electron chi connectivity index (χ2n) is 9.64. The van der Waals surface area contributed by atoms with Gasteiger partial charge in [0.2, 0.25) is 0 Å². The minimum absolute atomic E-state index is 0.110. The van der Waals surface area contributed by atoms with Gasteiger partial charge in [0, 0.05) is 55.7 Å². The van der Waals surface area contributed by atoms with Gasteiger partial charge in [0.05, 0.1) is 17.5 Å². The molecule has 0 spiro atoms. The number of carbonyl (C=O) groups excluding carboxylic acids is 1. The Hall–Kier alpha value is -3.69. The monoisotopic (exact) mass is 521 g/mol. The third-order valence-electron chi connectivity index (χ3n) is 7.17. The lowest BCUT2D eigenvalue weighted by Gasteiger charge is -2.34. The van der Waals surface area contributed by atoms with Crippen LogP contribution >= 0.6 is 0 Å². The highest BCUT2D eigenvalue weighted by Crippen LogP contribution is 2.35. The summed E-state index contributed by atoms with van der Waals surface area (Å²) in [5.41, 5.74) is 3.34. The lowest BCUT2D eigenvalue weighted by molar-refractivity contribution is -0.138. The molecular weight excluding hydrogens is 491 g/mol. The standard InChI is InChI=1S/C29H30F3N5O/c1-3-35-12-14-36(15-13-35)19-22-9-10-23(17-25(22)29(30,31)32)34-28(38)21-8-7-20(2)24(16-21)26-18-33-27-6-4-5-11-37(26)27/h4-11,16-18H,3,12-15,19H2,1-2H3,(H,34,38). The molecule has 0 atom stereocenters. The highest BCUT2D eigenvalue weighted by molar-refractivity contribution is 6.05. The van der Waals surface area contributed by atoms with E-state index < -0.39 is 17.6 Å². The summed E-state index contributed by atoms with van der Waals surface area (Å²) in [5.74, 6) is -0.475. The summed E-state index contributed by atoms with van der Waals surface area (Å²) in [4.78, 5) is 21.9. The molecule has 0 unspecified atom stereocenters. The predicted octanol–water partition coefficient (Wildman–Crippen LogP) is 5.72. The highest BCUT2D eigenvalue weighted by Gasteiger charge is 2.34. The Morgan fingerprint density at radius 1 is 1.00 bits per heavy atom. The molecule has 4 aromatic rings. The maximum Gasteiger partial charge on any atom is 0.416 e. The molecule has 1 fully saturated rings. The number of hydrogen-bond acceptors (Lipinski definition) is 4. The van der Waals surface area contributed by atoms with E-state index in [0.29, 0.717) is 5.56 Å². The Bertz CT molecular complexity index is 1450. The molecule has 9 heteroatoms. The van der Waals surface area contributed by atoms with Crippen LogP contribution in [0, 0.1) is 6.92 Å². The van der Waals surface area contributed by atoms with Crippen molar-refractivity contribution in [3.63, 3.8) is 0 Å². The van der Waals surface area contributed by atoms with Gasteiger partial charge in [-0.05, 0) is 61.0 Å². The number of benzene rings is 2. The molecule has 0 aliphatic carbocycles. The van der Waals surface area contributed by atoms with Crippen molar-refractivity contribution in [2.75, 3.05) is 38.0 Å². The fourth-order valence-corrected chi connectivity index (χ4v) is 4.93. The number of halogens is 3. The summed E-state index contributed by atoms with van der Waals surface area (Å²) in [6, 6.07) is 15.0. The second-order valence-corrected chi connectivity index (χ2v) is 9.64. The van der Waals surface area contributed by atoms with Crippen molar-refractivity contribution in [3.8, 4) is 11.3 Å². The molecule has 2 aromatic carbocycles. The minimum Gasteiger partial charge on any atom is -0.322 e. The van der Waals surface area contributed by atoms with Gasteiger partial charge in [-0.25, -0.2) is 4.98 Å². The van der Waals surface area contributed by atoms with E-state index >= 15 is 0 Å². The molecule has 1 amide bonds. The molecule has 38 heavy (non-hydrogen) atoms. The molecule has 0 bridgehead atoms. The van der Waals surface area contributed by atoms with Crippen molar-refractivity contribution in [1.82, 2.24) is 19.2 Å². The summed E-state index contributed by atoms with van der Waals surface area (Å²) in [6.45, 7) is 8.34. The summed E-state index contributed by atoms with van der Waals surface area (Å²) in [6.07, 6.45) is -0.884. The zero-order valence-electron chi connectivity index (χ0n) is 21.4. The lowest BCUT2D eigenvalue weighted by Crippen LogP contribution is -2.45. The Morgan fingerprint density at radius 3 is 2.50 bits per heavy atom. The van der Waals surface area contributed by atoms with Crippen LogP contribution in [0.1, 0.15) is 34.0 Å². The van der Waals surface area contributed by atoms with Crippen molar-refractivity contribution in [2.24, 2.45) is 0 Å². The number of likely N-dealkylation sites (N-methyl/N-ethyl adjacent to an activating group) is 1. The van der Waals surface area contributed by atoms with E-state index in [4.69, 9.17) is 0 Å². The largest absolute Gasteiger partial charge is 0.416 e. The Morgan fingerprint density at radius 2 is 1.76 bits per heavy atom. The number of aromatic nitrogens is 2. The maximum atomic E-state index is 14.0. The van der Waals surface area contributed by atoms with Gasteiger partial charge >= 0.3 is 6.18 Å². The van der Waals surface area contributed by atoms with Crippen LogP contribution in [0.2, 0.25) is 0 Å². The van der Waals surface area contributed by atoms with Crippen LogP contribution in [0.4, 0.5) is 18.9 Å². The smallest absolute Gasteiger partial charge is 0.322 e. The van der Waals surface area contributed by atoms with Gasteiger partial charge < -0.3 is 10.2 Å². The van der Waals surface area contributed by atoms with Crippen LogP contribution in [0.15, 0.2) is 67.0 Å². The van der Waals surface area contributed by atoms with Gasteiger partial charge in [-0.2, -0.15) is 13.2 Å². The number of imidazole rings is 1.